The van der Waals surface area contributed by atoms with Crippen LogP contribution in [0, 0.1) is 5.92 Å². The van der Waals surface area contributed by atoms with Crippen molar-refractivity contribution in [1.29, 1.82) is 0 Å². The molecule has 7 heteroatoms. The van der Waals surface area contributed by atoms with Gasteiger partial charge in [0, 0.05) is 5.92 Å². The van der Waals surface area contributed by atoms with E-state index < -0.39 is 18.2 Å². The maximum Gasteiger partial charge on any atom is 0.288 e. The molecule has 3 N–H and O–H groups in total. The topological polar surface area (TPSA) is 103 Å². The Labute approximate surface area is 98.6 Å². The number of amides is 1. The van der Waals surface area contributed by atoms with Gasteiger partial charge in [0.05, 0.1) is 12.2 Å². The van der Waals surface area contributed by atoms with Gasteiger partial charge in [-0.2, -0.15) is 0 Å². The zero-order valence-corrected chi connectivity index (χ0v) is 9.78. The molecule has 1 aromatic heterocycles. The summed E-state index contributed by atoms with van der Waals surface area (Å²) in [6, 6.07) is 0. The summed E-state index contributed by atoms with van der Waals surface area (Å²) < 4.78 is 7.11. The molecule has 1 fully saturated rings. The van der Waals surface area contributed by atoms with Gasteiger partial charge in [-0.25, -0.2) is 9.67 Å². The number of hydrogen-bond donors (Lipinski definition) is 2. The molecule has 94 valence electrons. The molecule has 0 spiro atoms. The minimum Gasteiger partial charge on any atom is -0.390 e. The number of aliphatic hydroxyl groups is 1. The summed E-state index contributed by atoms with van der Waals surface area (Å²) in [5.74, 6) is -0.834. The van der Waals surface area contributed by atoms with Crippen molar-refractivity contribution in [2.45, 2.75) is 38.7 Å². The molecule has 2 heterocycles. The molecule has 0 radical (unpaired) electrons. The minimum absolute atomic E-state index is 0.0461. The second-order valence-corrected chi connectivity index (χ2v) is 4.24. The van der Waals surface area contributed by atoms with Gasteiger partial charge in [-0.15, -0.1) is 5.10 Å². The van der Waals surface area contributed by atoms with Crippen LogP contribution in [0.1, 0.15) is 37.1 Å². The highest BCUT2D eigenvalue weighted by molar-refractivity contribution is 5.88. The van der Waals surface area contributed by atoms with E-state index in [0.29, 0.717) is 0 Å². The van der Waals surface area contributed by atoms with E-state index in [9.17, 15) is 9.90 Å². The van der Waals surface area contributed by atoms with Gasteiger partial charge in [-0.3, -0.25) is 4.79 Å². The fraction of sp³-hybridized carbons (Fsp3) is 0.700. The number of hydrogen-bond acceptors (Lipinski definition) is 5. The largest absolute Gasteiger partial charge is 0.390 e. The Hall–Kier alpha value is -1.47. The average Bonchev–Trinajstić information content (AvgIpc) is 2.87. The molecule has 1 aliphatic heterocycles. The minimum atomic E-state index is -0.679. The summed E-state index contributed by atoms with van der Waals surface area (Å²) >= 11 is 0. The Morgan fingerprint density at radius 2 is 2.41 bits per heavy atom. The third-order valence-electron chi connectivity index (χ3n) is 3.08. The van der Waals surface area contributed by atoms with Crippen LogP contribution in [0.25, 0.3) is 0 Å². The number of carbonyl (C=O) groups is 1. The van der Waals surface area contributed by atoms with Crippen molar-refractivity contribution in [3.63, 3.8) is 0 Å². The molecule has 0 aliphatic carbocycles. The van der Waals surface area contributed by atoms with E-state index in [4.69, 9.17) is 10.5 Å². The van der Waals surface area contributed by atoms with Gasteiger partial charge in [0.2, 0.25) is 5.82 Å². The van der Waals surface area contributed by atoms with Crippen LogP contribution in [0.5, 0.6) is 0 Å². The molecule has 1 saturated heterocycles. The molecule has 1 amide bonds. The van der Waals surface area contributed by atoms with E-state index >= 15 is 0 Å². The average molecular weight is 240 g/mol. The van der Waals surface area contributed by atoms with Crippen LogP contribution in [-0.4, -0.2) is 38.0 Å². The number of aliphatic hydroxyl groups excluding tert-OH is 1. The Bertz CT molecular complexity index is 419. The normalized spacial score (nSPS) is 32.9. The van der Waals surface area contributed by atoms with Crippen LogP contribution in [0.3, 0.4) is 0 Å². The van der Waals surface area contributed by atoms with Crippen LogP contribution in [0.2, 0.25) is 0 Å². The third-order valence-corrected chi connectivity index (χ3v) is 3.08. The molecule has 2 rings (SSSR count). The summed E-state index contributed by atoms with van der Waals surface area (Å²) in [4.78, 5) is 14.7. The molecule has 1 aliphatic rings. The molecule has 7 nitrogen and oxygen atoms in total. The van der Waals surface area contributed by atoms with Crippen molar-refractivity contribution in [3.8, 4) is 0 Å². The lowest BCUT2D eigenvalue weighted by Gasteiger charge is -2.14. The molecule has 4 atom stereocenters. The van der Waals surface area contributed by atoms with Crippen molar-refractivity contribution < 1.29 is 14.6 Å². The molecular weight excluding hydrogens is 224 g/mol. The smallest absolute Gasteiger partial charge is 0.288 e. The van der Waals surface area contributed by atoms with Crippen molar-refractivity contribution in [3.05, 3.63) is 12.2 Å². The Morgan fingerprint density at radius 3 is 2.88 bits per heavy atom. The third kappa shape index (κ3) is 2.03. The van der Waals surface area contributed by atoms with E-state index in [0.717, 1.165) is 6.42 Å². The molecular formula is C10H16N4O3. The van der Waals surface area contributed by atoms with Gasteiger partial charge in [-0.1, -0.05) is 13.8 Å². The van der Waals surface area contributed by atoms with Crippen molar-refractivity contribution in [1.82, 2.24) is 14.8 Å². The number of aromatic nitrogens is 3. The van der Waals surface area contributed by atoms with Gasteiger partial charge < -0.3 is 15.6 Å². The first-order valence-electron chi connectivity index (χ1n) is 5.59. The molecule has 1 aromatic rings. The van der Waals surface area contributed by atoms with Crippen LogP contribution in [0.4, 0.5) is 0 Å². The molecule has 0 bridgehead atoms. The Kier molecular flexibility index (Phi) is 3.12. The summed E-state index contributed by atoms with van der Waals surface area (Å²) in [6.45, 7) is 3.82. The van der Waals surface area contributed by atoms with Crippen LogP contribution >= 0.6 is 0 Å². The number of carbonyl (C=O) groups excluding carboxylic acids is 1. The fourth-order valence-corrected chi connectivity index (χ4v) is 2.04. The van der Waals surface area contributed by atoms with Crippen molar-refractivity contribution in [2.75, 3.05) is 0 Å². The maximum absolute atomic E-state index is 10.9. The summed E-state index contributed by atoms with van der Waals surface area (Å²) in [5.41, 5.74) is 5.07. The zero-order chi connectivity index (χ0) is 12.6. The Morgan fingerprint density at radius 1 is 1.71 bits per heavy atom. The first-order valence-corrected chi connectivity index (χ1v) is 5.59. The van der Waals surface area contributed by atoms with Gasteiger partial charge in [-0.05, 0) is 6.42 Å². The molecule has 3 unspecified atom stereocenters. The highest BCUT2D eigenvalue weighted by atomic mass is 16.5. The van der Waals surface area contributed by atoms with Crippen LogP contribution in [0.15, 0.2) is 6.33 Å². The zero-order valence-electron chi connectivity index (χ0n) is 9.78. The number of nitrogens with two attached hydrogens (primary N) is 1. The fourth-order valence-electron chi connectivity index (χ4n) is 2.04. The summed E-state index contributed by atoms with van der Waals surface area (Å²) in [7, 11) is 0. The lowest BCUT2D eigenvalue weighted by Crippen LogP contribution is -2.24. The van der Waals surface area contributed by atoms with E-state index in [1.165, 1.54) is 11.0 Å². The van der Waals surface area contributed by atoms with E-state index in [-0.39, 0.29) is 17.8 Å². The second-order valence-electron chi connectivity index (χ2n) is 4.24. The quantitative estimate of drug-likeness (QED) is 0.753. The van der Waals surface area contributed by atoms with Gasteiger partial charge in [0.25, 0.3) is 5.91 Å². The van der Waals surface area contributed by atoms with E-state index in [1.807, 2.05) is 13.8 Å². The molecule has 0 aromatic carbocycles. The SMILES string of the molecule is CCC1OC(n2cnc(C(N)=O)n2)[C@H](C)C1O. The lowest BCUT2D eigenvalue weighted by molar-refractivity contribution is -0.0288. The van der Waals surface area contributed by atoms with Crippen molar-refractivity contribution >= 4 is 5.91 Å². The van der Waals surface area contributed by atoms with Gasteiger partial charge in [0.1, 0.15) is 6.33 Å². The maximum atomic E-state index is 10.9. The second kappa shape index (κ2) is 4.42. The monoisotopic (exact) mass is 240 g/mol. The highest BCUT2D eigenvalue weighted by Crippen LogP contribution is 2.34. The number of rotatable bonds is 3. The molecule has 0 saturated carbocycles. The predicted molar refractivity (Wildman–Crippen MR) is 57.9 cm³/mol. The summed E-state index contributed by atoms with van der Waals surface area (Å²) in [6.07, 6.45) is 0.962. The number of nitrogens with zero attached hydrogens (tertiary/aromatic N) is 3. The summed E-state index contributed by atoms with van der Waals surface area (Å²) in [5, 5.41) is 13.9. The highest BCUT2D eigenvalue weighted by Gasteiger charge is 2.41. The van der Waals surface area contributed by atoms with Crippen LogP contribution in [-0.2, 0) is 4.74 Å². The number of primary amides is 1. The predicted octanol–water partition coefficient (Wildman–Crippen LogP) is -0.319. The van der Waals surface area contributed by atoms with Crippen molar-refractivity contribution in [2.24, 2.45) is 11.7 Å². The first-order chi connectivity index (χ1) is 8.04. The lowest BCUT2D eigenvalue weighted by atomic mass is 10.0. The standard InChI is InChI=1S/C10H16N4O3/c1-3-6-7(15)5(2)10(17-6)14-4-12-9(13-14)8(11)16/h4-7,10,15H,3H2,1-2H3,(H2,11,16)/t5-,6?,7?,10?/m1/s1. The van der Waals surface area contributed by atoms with Crippen LogP contribution < -0.4 is 5.73 Å². The van der Waals surface area contributed by atoms with E-state index in [2.05, 4.69) is 10.1 Å². The van der Waals surface area contributed by atoms with Gasteiger partial charge >= 0.3 is 0 Å². The number of ether oxygens (including phenoxy) is 1. The Balaban J connectivity index is 2.19. The van der Waals surface area contributed by atoms with Gasteiger partial charge in [0.15, 0.2) is 6.23 Å². The first kappa shape index (κ1) is 12.0. The van der Waals surface area contributed by atoms with E-state index in [1.54, 1.807) is 0 Å². The molecule has 17 heavy (non-hydrogen) atoms.